The van der Waals surface area contributed by atoms with Gasteiger partial charge in [-0.1, -0.05) is 54.6 Å². The maximum Gasteiger partial charge on any atom is 0.271 e. The first kappa shape index (κ1) is 17.7. The zero-order valence-corrected chi connectivity index (χ0v) is 15.0. The normalized spacial score (nSPS) is 11.2. The van der Waals surface area contributed by atoms with Crippen LogP contribution in [-0.4, -0.2) is 16.7 Å². The van der Waals surface area contributed by atoms with Crippen molar-refractivity contribution in [2.24, 2.45) is 5.10 Å². The van der Waals surface area contributed by atoms with Crippen molar-refractivity contribution in [1.29, 1.82) is 0 Å². The smallest absolute Gasteiger partial charge is 0.271 e. The number of nitrogens with one attached hydrogen (secondary N) is 1. The average molecular weight is 371 g/mol. The predicted octanol–water partition coefficient (Wildman–Crippen LogP) is 4.59. The summed E-state index contributed by atoms with van der Waals surface area (Å²) in [5.41, 5.74) is 5.86. The summed E-state index contributed by atoms with van der Waals surface area (Å²) in [6, 6.07) is 23.8. The number of fused-ring (bicyclic) bond motifs is 1. The van der Waals surface area contributed by atoms with Crippen LogP contribution in [0.15, 0.2) is 90.2 Å². The fourth-order valence-corrected chi connectivity index (χ4v) is 3.14. The summed E-state index contributed by atoms with van der Waals surface area (Å²) < 4.78 is 15.4. The summed E-state index contributed by atoms with van der Waals surface area (Å²) >= 11 is 0. The van der Waals surface area contributed by atoms with E-state index in [9.17, 15) is 9.18 Å². The second kappa shape index (κ2) is 7.88. The minimum atomic E-state index is -0.458. The van der Waals surface area contributed by atoms with Gasteiger partial charge in [0.25, 0.3) is 5.91 Å². The van der Waals surface area contributed by atoms with Crippen molar-refractivity contribution >= 4 is 23.0 Å². The predicted molar refractivity (Wildman–Crippen MR) is 109 cm³/mol. The van der Waals surface area contributed by atoms with Gasteiger partial charge in [0, 0.05) is 34.8 Å². The van der Waals surface area contributed by atoms with Crippen LogP contribution >= 0.6 is 0 Å². The van der Waals surface area contributed by atoms with Gasteiger partial charge in [-0.25, -0.2) is 9.82 Å². The Bertz CT molecular complexity index is 1150. The van der Waals surface area contributed by atoms with Crippen LogP contribution in [0.5, 0.6) is 0 Å². The number of nitrogens with zero attached hydrogens (tertiary/aromatic N) is 2. The van der Waals surface area contributed by atoms with Crippen molar-refractivity contribution in [2.75, 3.05) is 0 Å². The highest BCUT2D eigenvalue weighted by molar-refractivity contribution is 6.00. The molecule has 3 aromatic carbocycles. The number of carbonyl (C=O) groups is 1. The Morgan fingerprint density at radius 1 is 1.00 bits per heavy atom. The van der Waals surface area contributed by atoms with E-state index in [0.717, 1.165) is 23.0 Å². The summed E-state index contributed by atoms with van der Waals surface area (Å²) in [4.78, 5) is 12.1. The molecule has 0 saturated heterocycles. The molecule has 0 spiro atoms. The number of amides is 1. The van der Waals surface area contributed by atoms with Crippen molar-refractivity contribution in [1.82, 2.24) is 9.99 Å². The molecule has 0 fully saturated rings. The number of rotatable bonds is 5. The summed E-state index contributed by atoms with van der Waals surface area (Å²) in [5, 5.41) is 5.10. The van der Waals surface area contributed by atoms with E-state index in [-0.39, 0.29) is 5.56 Å². The van der Waals surface area contributed by atoms with Crippen LogP contribution in [0.3, 0.4) is 0 Å². The summed E-state index contributed by atoms with van der Waals surface area (Å²) in [6.45, 7) is 0.741. The molecule has 1 heterocycles. The zero-order valence-electron chi connectivity index (χ0n) is 15.0. The largest absolute Gasteiger partial charge is 0.342 e. The fraction of sp³-hybridized carbons (Fsp3) is 0.0435. The van der Waals surface area contributed by atoms with Crippen molar-refractivity contribution < 1.29 is 9.18 Å². The van der Waals surface area contributed by atoms with E-state index in [4.69, 9.17) is 0 Å². The number of carbonyl (C=O) groups excluding carboxylic acids is 1. The highest BCUT2D eigenvalue weighted by Gasteiger charge is 2.08. The highest BCUT2D eigenvalue weighted by Crippen LogP contribution is 2.21. The topological polar surface area (TPSA) is 46.4 Å². The molecule has 0 aliphatic rings. The minimum Gasteiger partial charge on any atom is -0.342 e. The number of halogens is 1. The van der Waals surface area contributed by atoms with Crippen LogP contribution in [0.2, 0.25) is 0 Å². The Kier molecular flexibility index (Phi) is 4.97. The Morgan fingerprint density at radius 2 is 1.79 bits per heavy atom. The van der Waals surface area contributed by atoms with E-state index in [1.807, 2.05) is 42.6 Å². The molecule has 0 aliphatic heterocycles. The lowest BCUT2D eigenvalue weighted by Crippen LogP contribution is -2.17. The number of hydrazone groups is 1. The lowest BCUT2D eigenvalue weighted by Gasteiger charge is -2.05. The Labute approximate surface area is 161 Å². The van der Waals surface area contributed by atoms with E-state index < -0.39 is 11.7 Å². The molecule has 28 heavy (non-hydrogen) atoms. The van der Waals surface area contributed by atoms with Gasteiger partial charge in [-0.2, -0.15) is 5.10 Å². The van der Waals surface area contributed by atoms with Gasteiger partial charge in [0.05, 0.1) is 6.21 Å². The van der Waals surface area contributed by atoms with Gasteiger partial charge in [-0.15, -0.1) is 0 Å². The Hall–Kier alpha value is -3.73. The van der Waals surface area contributed by atoms with Crippen molar-refractivity contribution in [3.05, 3.63) is 108 Å². The molecular formula is C23H18FN3O. The molecule has 0 radical (unpaired) electrons. The molecular weight excluding hydrogens is 353 g/mol. The minimum absolute atomic E-state index is 0.226. The molecule has 0 aliphatic carbocycles. The average Bonchev–Trinajstić information content (AvgIpc) is 3.06. The van der Waals surface area contributed by atoms with Gasteiger partial charge >= 0.3 is 0 Å². The monoisotopic (exact) mass is 371 g/mol. The first-order valence-electron chi connectivity index (χ1n) is 8.91. The fourth-order valence-electron chi connectivity index (χ4n) is 3.14. The van der Waals surface area contributed by atoms with Crippen molar-refractivity contribution in [3.8, 4) is 0 Å². The quantitative estimate of drug-likeness (QED) is 0.405. The van der Waals surface area contributed by atoms with Crippen LogP contribution in [0.1, 0.15) is 21.5 Å². The van der Waals surface area contributed by atoms with Gasteiger partial charge in [0.2, 0.25) is 0 Å². The highest BCUT2D eigenvalue weighted by atomic mass is 19.1. The molecule has 0 atom stereocenters. The molecule has 0 saturated carbocycles. The third-order valence-corrected chi connectivity index (χ3v) is 4.47. The van der Waals surface area contributed by atoms with E-state index in [1.165, 1.54) is 23.8 Å². The molecule has 138 valence electrons. The van der Waals surface area contributed by atoms with Crippen LogP contribution in [0, 0.1) is 5.82 Å². The lowest BCUT2D eigenvalue weighted by atomic mass is 10.2. The first-order chi connectivity index (χ1) is 13.7. The summed E-state index contributed by atoms with van der Waals surface area (Å²) in [5.74, 6) is -0.913. The number of hydrogen-bond donors (Lipinski definition) is 1. The maximum atomic E-state index is 13.2. The second-order valence-electron chi connectivity index (χ2n) is 6.42. The summed E-state index contributed by atoms with van der Waals surface area (Å²) in [7, 11) is 0. The molecule has 4 nitrogen and oxygen atoms in total. The van der Waals surface area contributed by atoms with Gasteiger partial charge in [-0.3, -0.25) is 4.79 Å². The molecule has 4 rings (SSSR count). The number of benzene rings is 3. The maximum absolute atomic E-state index is 13.2. The van der Waals surface area contributed by atoms with Crippen molar-refractivity contribution in [3.63, 3.8) is 0 Å². The number of aromatic nitrogens is 1. The number of para-hydroxylation sites is 1. The molecule has 1 amide bonds. The standard InChI is InChI=1S/C23H18FN3O/c24-20-10-6-9-18(13-20)23(28)26-25-14-19-16-27(15-17-7-2-1-3-8-17)22-12-5-4-11-21(19)22/h1-14,16H,15H2,(H,26,28)/b25-14-. The van der Waals surface area contributed by atoms with E-state index >= 15 is 0 Å². The molecule has 4 aromatic rings. The molecule has 5 heteroatoms. The summed E-state index contributed by atoms with van der Waals surface area (Å²) in [6.07, 6.45) is 3.62. The van der Waals surface area contributed by atoms with Gasteiger partial charge in [0.15, 0.2) is 0 Å². The van der Waals surface area contributed by atoms with Crippen LogP contribution in [0.25, 0.3) is 10.9 Å². The Morgan fingerprint density at radius 3 is 2.61 bits per heavy atom. The van der Waals surface area contributed by atoms with E-state index in [0.29, 0.717) is 0 Å². The second-order valence-corrected chi connectivity index (χ2v) is 6.42. The van der Waals surface area contributed by atoms with Crippen LogP contribution in [0.4, 0.5) is 4.39 Å². The molecule has 1 aromatic heterocycles. The third-order valence-electron chi connectivity index (χ3n) is 4.47. The van der Waals surface area contributed by atoms with E-state index in [2.05, 4.69) is 33.3 Å². The van der Waals surface area contributed by atoms with E-state index in [1.54, 1.807) is 12.3 Å². The van der Waals surface area contributed by atoms with Crippen molar-refractivity contribution in [2.45, 2.75) is 6.54 Å². The SMILES string of the molecule is O=C(N/N=C\c1cn(Cc2ccccc2)c2ccccc12)c1cccc(F)c1. The first-order valence-corrected chi connectivity index (χ1v) is 8.91. The van der Waals surface area contributed by atoms with Gasteiger partial charge in [0.1, 0.15) is 5.82 Å². The lowest BCUT2D eigenvalue weighted by molar-refractivity contribution is 0.0954. The molecule has 0 bridgehead atoms. The van der Waals surface area contributed by atoms with Crippen LogP contribution < -0.4 is 5.43 Å². The van der Waals surface area contributed by atoms with Gasteiger partial charge < -0.3 is 4.57 Å². The number of hydrogen-bond acceptors (Lipinski definition) is 2. The molecule has 0 unspecified atom stereocenters. The molecule has 1 N–H and O–H groups in total. The van der Waals surface area contributed by atoms with Crippen LogP contribution in [-0.2, 0) is 6.54 Å². The van der Waals surface area contributed by atoms with Gasteiger partial charge in [-0.05, 0) is 29.8 Å². The zero-order chi connectivity index (χ0) is 19.3. The third kappa shape index (κ3) is 3.83. The Balaban J connectivity index is 1.57.